The number of benzene rings is 2. The van der Waals surface area contributed by atoms with Crippen LogP contribution in [0, 0.1) is 0 Å². The molecule has 0 unspecified atom stereocenters. The second-order valence-corrected chi connectivity index (χ2v) is 5.48. The van der Waals surface area contributed by atoms with Crippen molar-refractivity contribution >= 4 is 29.9 Å². The third-order valence-corrected chi connectivity index (χ3v) is 4.30. The average Bonchev–Trinajstić information content (AvgIpc) is 2.64. The van der Waals surface area contributed by atoms with E-state index >= 15 is 0 Å². The third-order valence-electron chi connectivity index (χ3n) is 3.14. The molecule has 0 bridgehead atoms. The average molecular weight is 284 g/mol. The van der Waals surface area contributed by atoms with E-state index in [-0.39, 0.29) is 0 Å². The highest BCUT2D eigenvalue weighted by atomic mass is 32.2. The molecule has 1 aliphatic heterocycles. The van der Waals surface area contributed by atoms with E-state index in [2.05, 4.69) is 0 Å². The predicted octanol–water partition coefficient (Wildman–Crippen LogP) is 4.03. The van der Waals surface area contributed by atoms with Gasteiger partial charge in [0.1, 0.15) is 5.75 Å². The van der Waals surface area contributed by atoms with Crippen molar-refractivity contribution < 1.29 is 14.6 Å². The van der Waals surface area contributed by atoms with Crippen molar-refractivity contribution in [2.24, 2.45) is 0 Å². The van der Waals surface area contributed by atoms with Crippen LogP contribution in [0.2, 0.25) is 0 Å². The Morgan fingerprint density at radius 1 is 1.05 bits per heavy atom. The third kappa shape index (κ3) is 2.30. The number of hydrogen-bond donors (Lipinski definition) is 1. The molecule has 0 saturated carbocycles. The minimum Gasteiger partial charge on any atom is -0.497 e. The first-order valence-corrected chi connectivity index (χ1v) is 6.90. The van der Waals surface area contributed by atoms with Gasteiger partial charge in [-0.3, -0.25) is 0 Å². The van der Waals surface area contributed by atoms with Gasteiger partial charge in [0, 0.05) is 9.79 Å². The quantitative estimate of drug-likeness (QED) is 0.771. The topological polar surface area (TPSA) is 46.5 Å². The maximum Gasteiger partial charge on any atom is 0.335 e. The minimum atomic E-state index is -0.906. The molecule has 1 aliphatic rings. The molecule has 1 N–H and O–H groups in total. The van der Waals surface area contributed by atoms with Crippen molar-refractivity contribution in [3.05, 3.63) is 53.1 Å². The van der Waals surface area contributed by atoms with Crippen LogP contribution >= 0.6 is 11.8 Å². The fourth-order valence-electron chi connectivity index (χ4n) is 2.07. The molecule has 0 aliphatic carbocycles. The Morgan fingerprint density at radius 2 is 1.85 bits per heavy atom. The molecular formula is C16H12O3S. The van der Waals surface area contributed by atoms with E-state index in [1.807, 2.05) is 36.4 Å². The summed E-state index contributed by atoms with van der Waals surface area (Å²) in [4.78, 5) is 13.1. The first-order valence-electron chi connectivity index (χ1n) is 6.09. The molecule has 0 fully saturated rings. The Kier molecular flexibility index (Phi) is 3.24. The summed E-state index contributed by atoms with van der Waals surface area (Å²) >= 11 is 1.57. The van der Waals surface area contributed by atoms with Gasteiger partial charge in [0.05, 0.1) is 12.7 Å². The van der Waals surface area contributed by atoms with Crippen molar-refractivity contribution in [1.82, 2.24) is 0 Å². The van der Waals surface area contributed by atoms with Gasteiger partial charge < -0.3 is 9.84 Å². The SMILES string of the molecule is COc1ccc2c(c1)C=Cc1ccc(C(=O)O)cc1S2. The van der Waals surface area contributed by atoms with E-state index in [4.69, 9.17) is 9.84 Å². The summed E-state index contributed by atoms with van der Waals surface area (Å²) in [6.45, 7) is 0. The van der Waals surface area contributed by atoms with Crippen LogP contribution in [-0.4, -0.2) is 18.2 Å². The van der Waals surface area contributed by atoms with Crippen molar-refractivity contribution in [1.29, 1.82) is 0 Å². The molecule has 0 spiro atoms. The standard InChI is InChI=1S/C16H12O3S/c1-19-13-6-7-14-11(8-13)4-2-10-3-5-12(16(17)18)9-15(10)20-14/h2-9H,1H3,(H,17,18). The highest BCUT2D eigenvalue weighted by molar-refractivity contribution is 7.99. The molecule has 3 nitrogen and oxygen atoms in total. The second kappa shape index (κ2) is 5.06. The fourth-order valence-corrected chi connectivity index (χ4v) is 3.13. The molecule has 0 radical (unpaired) electrons. The summed E-state index contributed by atoms with van der Waals surface area (Å²) < 4.78 is 5.23. The molecule has 0 saturated heterocycles. The monoisotopic (exact) mass is 284 g/mol. The molecule has 0 aromatic heterocycles. The minimum absolute atomic E-state index is 0.307. The number of rotatable bonds is 2. The van der Waals surface area contributed by atoms with E-state index in [1.54, 1.807) is 31.0 Å². The fraction of sp³-hybridized carbons (Fsp3) is 0.0625. The highest BCUT2D eigenvalue weighted by Gasteiger charge is 2.13. The molecule has 20 heavy (non-hydrogen) atoms. The van der Waals surface area contributed by atoms with Crippen LogP contribution in [0.25, 0.3) is 12.2 Å². The summed E-state index contributed by atoms with van der Waals surface area (Å²) in [6, 6.07) is 11.1. The maximum atomic E-state index is 11.1. The summed E-state index contributed by atoms with van der Waals surface area (Å²) in [5.41, 5.74) is 2.40. The second-order valence-electron chi connectivity index (χ2n) is 4.40. The number of methoxy groups -OCH3 is 1. The van der Waals surface area contributed by atoms with Gasteiger partial charge in [-0.1, -0.05) is 30.0 Å². The Labute approximate surface area is 120 Å². The largest absolute Gasteiger partial charge is 0.497 e. The molecular weight excluding hydrogens is 272 g/mol. The molecule has 0 atom stereocenters. The van der Waals surface area contributed by atoms with Crippen LogP contribution in [0.3, 0.4) is 0 Å². The van der Waals surface area contributed by atoms with Gasteiger partial charge in [-0.2, -0.15) is 0 Å². The number of carbonyl (C=O) groups is 1. The number of ether oxygens (including phenoxy) is 1. The Balaban J connectivity index is 2.08. The molecule has 2 aromatic rings. The van der Waals surface area contributed by atoms with E-state index in [0.717, 1.165) is 26.7 Å². The van der Waals surface area contributed by atoms with Crippen molar-refractivity contribution in [2.75, 3.05) is 7.11 Å². The zero-order valence-corrected chi connectivity index (χ0v) is 11.6. The number of carboxylic acid groups (broad SMARTS) is 1. The first-order chi connectivity index (χ1) is 9.67. The lowest BCUT2D eigenvalue weighted by Crippen LogP contribution is -1.96. The van der Waals surface area contributed by atoms with E-state index < -0.39 is 5.97 Å². The van der Waals surface area contributed by atoms with Gasteiger partial charge in [-0.25, -0.2) is 4.79 Å². The predicted molar refractivity (Wildman–Crippen MR) is 79.4 cm³/mol. The summed E-state index contributed by atoms with van der Waals surface area (Å²) in [5, 5.41) is 9.08. The van der Waals surface area contributed by atoms with Crippen LogP contribution in [0.15, 0.2) is 46.2 Å². The Bertz CT molecular complexity index is 720. The normalized spacial score (nSPS) is 12.2. The lowest BCUT2D eigenvalue weighted by molar-refractivity contribution is 0.0696. The van der Waals surface area contributed by atoms with Crippen LogP contribution < -0.4 is 4.74 Å². The van der Waals surface area contributed by atoms with E-state index in [9.17, 15) is 4.79 Å². The number of fused-ring (bicyclic) bond motifs is 2. The van der Waals surface area contributed by atoms with Gasteiger partial charge in [-0.05, 0) is 41.5 Å². The Hall–Kier alpha value is -2.20. The lowest BCUT2D eigenvalue weighted by atomic mass is 10.1. The molecule has 2 aromatic carbocycles. The van der Waals surface area contributed by atoms with Crippen molar-refractivity contribution in [2.45, 2.75) is 9.79 Å². The van der Waals surface area contributed by atoms with Crippen molar-refractivity contribution in [3.63, 3.8) is 0 Å². The lowest BCUT2D eigenvalue weighted by Gasteiger charge is -2.08. The zero-order chi connectivity index (χ0) is 14.1. The smallest absolute Gasteiger partial charge is 0.335 e. The summed E-state index contributed by atoms with van der Waals surface area (Å²) in [6.07, 6.45) is 4.02. The molecule has 4 heteroatoms. The number of carboxylic acids is 1. The molecule has 3 rings (SSSR count). The van der Waals surface area contributed by atoms with E-state index in [0.29, 0.717) is 5.56 Å². The molecule has 100 valence electrons. The molecule has 0 amide bonds. The number of hydrogen-bond acceptors (Lipinski definition) is 3. The summed E-state index contributed by atoms with van der Waals surface area (Å²) in [7, 11) is 1.64. The van der Waals surface area contributed by atoms with Gasteiger partial charge in [0.15, 0.2) is 0 Å². The van der Waals surface area contributed by atoms with Crippen LogP contribution in [0.4, 0.5) is 0 Å². The van der Waals surface area contributed by atoms with Crippen LogP contribution in [-0.2, 0) is 0 Å². The Morgan fingerprint density at radius 3 is 2.60 bits per heavy atom. The van der Waals surface area contributed by atoms with Crippen molar-refractivity contribution in [3.8, 4) is 5.75 Å². The van der Waals surface area contributed by atoms with Crippen LogP contribution in [0.1, 0.15) is 21.5 Å². The highest BCUT2D eigenvalue weighted by Crippen LogP contribution is 2.39. The first kappa shape index (κ1) is 12.8. The van der Waals surface area contributed by atoms with Gasteiger partial charge in [0.2, 0.25) is 0 Å². The van der Waals surface area contributed by atoms with Gasteiger partial charge in [0.25, 0.3) is 0 Å². The summed E-state index contributed by atoms with van der Waals surface area (Å²) in [5.74, 6) is -0.0947. The number of aromatic carboxylic acids is 1. The van der Waals surface area contributed by atoms with Gasteiger partial charge >= 0.3 is 5.97 Å². The molecule has 1 heterocycles. The van der Waals surface area contributed by atoms with Crippen LogP contribution in [0.5, 0.6) is 5.75 Å². The van der Waals surface area contributed by atoms with Gasteiger partial charge in [-0.15, -0.1) is 0 Å². The van der Waals surface area contributed by atoms with E-state index in [1.165, 1.54) is 0 Å². The maximum absolute atomic E-state index is 11.1. The zero-order valence-electron chi connectivity index (χ0n) is 10.8.